The molecule has 0 atom stereocenters. The van der Waals surface area contributed by atoms with Gasteiger partial charge in [-0.05, 0) is 55.8 Å². The molecule has 0 fully saturated rings. The first-order chi connectivity index (χ1) is 11.1. The molecule has 0 radical (unpaired) electrons. The highest BCUT2D eigenvalue weighted by Gasteiger charge is 2.06. The third-order valence-corrected chi connectivity index (χ3v) is 4.25. The van der Waals surface area contributed by atoms with Gasteiger partial charge in [0.1, 0.15) is 5.75 Å². The summed E-state index contributed by atoms with van der Waals surface area (Å²) in [5.41, 5.74) is 2.15. The highest BCUT2D eigenvalue weighted by atomic mass is 32.2. The smallest absolute Gasteiger partial charge is 0.330 e. The molecule has 0 unspecified atom stereocenters. The number of carbonyl (C=O) groups is 1. The van der Waals surface area contributed by atoms with Crippen LogP contribution in [0.4, 0.5) is 0 Å². The lowest BCUT2D eigenvalue weighted by Crippen LogP contribution is -1.98. The van der Waals surface area contributed by atoms with Gasteiger partial charge in [-0.3, -0.25) is 0 Å². The van der Waals surface area contributed by atoms with E-state index in [4.69, 9.17) is 9.47 Å². The predicted octanol–water partition coefficient (Wildman–Crippen LogP) is 4.73. The van der Waals surface area contributed by atoms with E-state index in [9.17, 15) is 4.79 Å². The maximum atomic E-state index is 11.5. The van der Waals surface area contributed by atoms with Gasteiger partial charge in [0.15, 0.2) is 0 Å². The first-order valence-electron chi connectivity index (χ1n) is 7.39. The molecule has 0 spiro atoms. The van der Waals surface area contributed by atoms with E-state index >= 15 is 0 Å². The zero-order valence-corrected chi connectivity index (χ0v) is 14.4. The molecule has 0 saturated heterocycles. The lowest BCUT2D eigenvalue weighted by Gasteiger charge is -2.09. The first-order valence-corrected chi connectivity index (χ1v) is 8.21. The van der Waals surface area contributed by atoms with Gasteiger partial charge in [-0.2, -0.15) is 0 Å². The number of methoxy groups -OCH3 is 1. The minimum Gasteiger partial charge on any atom is -0.497 e. The summed E-state index contributed by atoms with van der Waals surface area (Å²) in [4.78, 5) is 13.7. The minimum atomic E-state index is -0.346. The number of esters is 1. The van der Waals surface area contributed by atoms with Gasteiger partial charge < -0.3 is 9.47 Å². The second kappa shape index (κ2) is 8.44. The molecule has 0 bridgehead atoms. The Kier molecular flexibility index (Phi) is 6.29. The number of benzene rings is 2. The van der Waals surface area contributed by atoms with Crippen molar-refractivity contribution >= 4 is 23.8 Å². The monoisotopic (exact) mass is 328 g/mol. The first kappa shape index (κ1) is 17.2. The maximum Gasteiger partial charge on any atom is 0.330 e. The van der Waals surface area contributed by atoms with Gasteiger partial charge in [-0.1, -0.05) is 29.5 Å². The molecule has 2 aromatic rings. The van der Waals surface area contributed by atoms with Crippen molar-refractivity contribution in [1.82, 2.24) is 0 Å². The van der Waals surface area contributed by atoms with Crippen molar-refractivity contribution in [2.45, 2.75) is 23.6 Å². The van der Waals surface area contributed by atoms with Crippen molar-refractivity contribution in [3.05, 3.63) is 59.7 Å². The number of aryl methyl sites for hydroxylation is 1. The van der Waals surface area contributed by atoms with Gasteiger partial charge in [0.25, 0.3) is 0 Å². The molecule has 0 aliphatic rings. The van der Waals surface area contributed by atoms with Crippen molar-refractivity contribution in [2.24, 2.45) is 0 Å². The van der Waals surface area contributed by atoms with Gasteiger partial charge in [0, 0.05) is 15.9 Å². The quantitative estimate of drug-likeness (QED) is 0.567. The average molecular weight is 328 g/mol. The van der Waals surface area contributed by atoms with Crippen molar-refractivity contribution in [3.63, 3.8) is 0 Å². The highest BCUT2D eigenvalue weighted by molar-refractivity contribution is 7.99. The summed E-state index contributed by atoms with van der Waals surface area (Å²) in [5, 5.41) is 0. The Hall–Kier alpha value is -2.20. The van der Waals surface area contributed by atoms with Crippen molar-refractivity contribution in [2.75, 3.05) is 13.7 Å². The summed E-state index contributed by atoms with van der Waals surface area (Å²) in [6, 6.07) is 14.2. The molecule has 3 nitrogen and oxygen atoms in total. The molecule has 2 rings (SSSR count). The average Bonchev–Trinajstić information content (AvgIpc) is 2.56. The summed E-state index contributed by atoms with van der Waals surface area (Å²) in [7, 11) is 1.63. The molecule has 0 N–H and O–H groups in total. The Balaban J connectivity index is 2.27. The van der Waals surface area contributed by atoms with Gasteiger partial charge in [-0.25, -0.2) is 4.79 Å². The molecular formula is C19H20O3S. The second-order valence-corrected chi connectivity index (χ2v) is 6.02. The standard InChI is InChI=1S/C19H20O3S/c1-4-22-19(20)12-7-15-13-16(21-3)8-11-18(15)23-17-9-5-14(2)6-10-17/h5-13H,4H2,1-3H3. The summed E-state index contributed by atoms with van der Waals surface area (Å²) >= 11 is 1.65. The fourth-order valence-electron chi connectivity index (χ4n) is 1.96. The molecule has 120 valence electrons. The van der Waals surface area contributed by atoms with Crippen molar-refractivity contribution in [1.29, 1.82) is 0 Å². The van der Waals surface area contributed by atoms with Gasteiger partial charge in [0.05, 0.1) is 13.7 Å². The third kappa shape index (κ3) is 5.18. The molecule has 23 heavy (non-hydrogen) atoms. The van der Waals surface area contributed by atoms with E-state index in [1.165, 1.54) is 11.6 Å². The van der Waals surface area contributed by atoms with E-state index in [1.807, 2.05) is 18.2 Å². The highest BCUT2D eigenvalue weighted by Crippen LogP contribution is 2.33. The fraction of sp³-hybridized carbons (Fsp3) is 0.211. The van der Waals surface area contributed by atoms with Crippen LogP contribution in [0.1, 0.15) is 18.1 Å². The van der Waals surface area contributed by atoms with Crippen molar-refractivity contribution < 1.29 is 14.3 Å². The fourth-order valence-corrected chi connectivity index (χ4v) is 2.87. The molecule has 0 saturated carbocycles. The van der Waals surface area contributed by atoms with Crippen LogP contribution in [-0.4, -0.2) is 19.7 Å². The Bertz CT molecular complexity index is 690. The van der Waals surface area contributed by atoms with Crippen LogP contribution >= 0.6 is 11.8 Å². The summed E-state index contributed by atoms with van der Waals surface area (Å²) in [5.74, 6) is 0.406. The molecule has 0 amide bonds. The SMILES string of the molecule is CCOC(=O)C=Cc1cc(OC)ccc1Sc1ccc(C)cc1. The zero-order chi connectivity index (χ0) is 16.7. The van der Waals surface area contributed by atoms with Gasteiger partial charge in [-0.15, -0.1) is 0 Å². The number of hydrogen-bond acceptors (Lipinski definition) is 4. The van der Waals surface area contributed by atoms with Gasteiger partial charge >= 0.3 is 5.97 Å². The summed E-state index contributed by atoms with van der Waals surface area (Å²) in [6.45, 7) is 4.22. The van der Waals surface area contributed by atoms with E-state index in [1.54, 1.807) is 31.9 Å². The van der Waals surface area contributed by atoms with Crippen LogP contribution in [0.15, 0.2) is 58.3 Å². The summed E-state index contributed by atoms with van der Waals surface area (Å²) in [6.07, 6.45) is 3.20. The van der Waals surface area contributed by atoms with Crippen LogP contribution < -0.4 is 4.74 Å². The Morgan fingerprint density at radius 2 is 1.91 bits per heavy atom. The predicted molar refractivity (Wildman–Crippen MR) is 94.0 cm³/mol. The van der Waals surface area contributed by atoms with Crippen LogP contribution in [0, 0.1) is 6.92 Å². The second-order valence-electron chi connectivity index (χ2n) is 4.90. The number of hydrogen-bond donors (Lipinski definition) is 0. The lowest BCUT2D eigenvalue weighted by molar-refractivity contribution is -0.137. The molecule has 4 heteroatoms. The zero-order valence-electron chi connectivity index (χ0n) is 13.5. The van der Waals surface area contributed by atoms with E-state index in [0.717, 1.165) is 21.1 Å². The van der Waals surface area contributed by atoms with E-state index < -0.39 is 0 Å². The third-order valence-electron chi connectivity index (χ3n) is 3.15. The Morgan fingerprint density at radius 1 is 1.17 bits per heavy atom. The summed E-state index contributed by atoms with van der Waals surface area (Å²) < 4.78 is 10.2. The van der Waals surface area contributed by atoms with Crippen molar-refractivity contribution in [3.8, 4) is 5.75 Å². The number of carbonyl (C=O) groups excluding carboxylic acids is 1. The van der Waals surface area contributed by atoms with Crippen LogP contribution in [0.25, 0.3) is 6.08 Å². The van der Waals surface area contributed by atoms with Crippen LogP contribution in [-0.2, 0) is 9.53 Å². The van der Waals surface area contributed by atoms with E-state index in [-0.39, 0.29) is 5.97 Å². The molecular weight excluding hydrogens is 308 g/mol. The number of rotatable bonds is 6. The molecule has 0 aliphatic heterocycles. The molecule has 0 heterocycles. The minimum absolute atomic E-state index is 0.346. The largest absolute Gasteiger partial charge is 0.497 e. The molecule has 0 aromatic heterocycles. The number of ether oxygens (including phenoxy) is 2. The molecule has 0 aliphatic carbocycles. The van der Waals surface area contributed by atoms with E-state index in [2.05, 4.69) is 31.2 Å². The van der Waals surface area contributed by atoms with Crippen LogP contribution in [0.2, 0.25) is 0 Å². The normalized spacial score (nSPS) is 10.7. The van der Waals surface area contributed by atoms with Gasteiger partial charge in [0.2, 0.25) is 0 Å². The van der Waals surface area contributed by atoms with Crippen LogP contribution in [0.5, 0.6) is 5.75 Å². The Labute approximate surface area is 141 Å². The maximum absolute atomic E-state index is 11.5. The lowest BCUT2D eigenvalue weighted by atomic mass is 10.2. The Morgan fingerprint density at radius 3 is 2.57 bits per heavy atom. The topological polar surface area (TPSA) is 35.5 Å². The molecule has 2 aromatic carbocycles. The van der Waals surface area contributed by atoms with E-state index in [0.29, 0.717) is 6.61 Å². The van der Waals surface area contributed by atoms with Crippen LogP contribution in [0.3, 0.4) is 0 Å².